The summed E-state index contributed by atoms with van der Waals surface area (Å²) in [7, 11) is 0. The second-order valence-corrected chi connectivity index (χ2v) is 7.53. The van der Waals surface area contributed by atoms with Gasteiger partial charge in [-0.2, -0.15) is 0 Å². The van der Waals surface area contributed by atoms with E-state index in [4.69, 9.17) is 4.74 Å². The minimum absolute atomic E-state index is 0.148. The first kappa shape index (κ1) is 19.1. The number of aliphatic hydroxyl groups excluding tert-OH is 1. The zero-order valence-electron chi connectivity index (χ0n) is 16.0. The Morgan fingerprint density at radius 2 is 1.73 bits per heavy atom. The summed E-state index contributed by atoms with van der Waals surface area (Å²) in [5, 5.41) is 10.5. The molecule has 0 spiro atoms. The van der Waals surface area contributed by atoms with Crippen LogP contribution in [0.5, 0.6) is 0 Å². The van der Waals surface area contributed by atoms with Gasteiger partial charge in [0, 0.05) is 12.6 Å². The van der Waals surface area contributed by atoms with E-state index in [0.717, 1.165) is 17.7 Å². The lowest BCUT2D eigenvalue weighted by Crippen LogP contribution is -2.43. The molecule has 140 valence electrons. The number of hydrogen-bond acceptors (Lipinski definition) is 3. The highest BCUT2D eigenvalue weighted by atomic mass is 16.5. The van der Waals surface area contributed by atoms with Gasteiger partial charge >= 0.3 is 0 Å². The first-order valence-corrected chi connectivity index (χ1v) is 9.78. The van der Waals surface area contributed by atoms with Gasteiger partial charge in [-0.15, -0.1) is 0 Å². The number of aryl methyl sites for hydroxylation is 1. The maximum absolute atomic E-state index is 10.5. The van der Waals surface area contributed by atoms with E-state index in [1.165, 1.54) is 24.8 Å². The van der Waals surface area contributed by atoms with Crippen LogP contribution in [-0.4, -0.2) is 41.8 Å². The molecule has 0 aromatic heterocycles. The minimum Gasteiger partial charge on any atom is -0.389 e. The van der Waals surface area contributed by atoms with Crippen molar-refractivity contribution >= 4 is 0 Å². The topological polar surface area (TPSA) is 32.7 Å². The van der Waals surface area contributed by atoms with E-state index in [2.05, 4.69) is 55.1 Å². The molecule has 0 radical (unpaired) electrons. The third-order valence-corrected chi connectivity index (χ3v) is 5.32. The Kier molecular flexibility index (Phi) is 6.84. The number of nitrogens with zero attached hydrogens (tertiary/aromatic N) is 1. The number of benzene rings is 2. The summed E-state index contributed by atoms with van der Waals surface area (Å²) in [6.07, 6.45) is 3.14. The maximum Gasteiger partial charge on any atom is 0.108 e. The van der Waals surface area contributed by atoms with Gasteiger partial charge in [0.2, 0.25) is 0 Å². The average Bonchev–Trinajstić information content (AvgIpc) is 2.66. The Morgan fingerprint density at radius 3 is 2.42 bits per heavy atom. The monoisotopic (exact) mass is 353 g/mol. The third kappa shape index (κ3) is 5.16. The summed E-state index contributed by atoms with van der Waals surface area (Å²) in [6.45, 7) is 6.46. The maximum atomic E-state index is 10.5. The number of β-amino-alcohol motifs (C(OH)–C–C–N with tert-alkyl or cyclic N) is 1. The molecule has 0 aliphatic carbocycles. The van der Waals surface area contributed by atoms with E-state index in [1.54, 1.807) is 0 Å². The van der Waals surface area contributed by atoms with Crippen LogP contribution < -0.4 is 0 Å². The van der Waals surface area contributed by atoms with Crippen molar-refractivity contribution in [3.63, 3.8) is 0 Å². The molecule has 1 saturated heterocycles. The van der Waals surface area contributed by atoms with E-state index < -0.39 is 6.10 Å². The van der Waals surface area contributed by atoms with Gasteiger partial charge in [-0.1, -0.05) is 66.6 Å². The van der Waals surface area contributed by atoms with Crippen molar-refractivity contribution < 1.29 is 9.84 Å². The average molecular weight is 354 g/mol. The van der Waals surface area contributed by atoms with Gasteiger partial charge in [0.1, 0.15) is 6.10 Å². The number of hydrogen-bond donors (Lipinski definition) is 1. The van der Waals surface area contributed by atoms with Crippen LogP contribution in [0.1, 0.15) is 49.0 Å². The van der Waals surface area contributed by atoms with E-state index in [9.17, 15) is 5.11 Å². The molecule has 3 rings (SSSR count). The molecule has 2 aromatic rings. The SMILES string of the molecule is Cc1ccc([C@H](OC[C@H](O)CN2CCCC[C@@H]2C)c2ccccc2)cc1. The second-order valence-electron chi connectivity index (χ2n) is 7.53. The predicted molar refractivity (Wildman–Crippen MR) is 106 cm³/mol. The number of likely N-dealkylation sites (tertiary alicyclic amines) is 1. The van der Waals surface area contributed by atoms with Crippen LogP contribution >= 0.6 is 0 Å². The molecule has 1 fully saturated rings. The van der Waals surface area contributed by atoms with E-state index in [-0.39, 0.29) is 6.10 Å². The Hall–Kier alpha value is -1.68. The fraction of sp³-hybridized carbons (Fsp3) is 0.478. The fourth-order valence-corrected chi connectivity index (χ4v) is 3.71. The fourth-order valence-electron chi connectivity index (χ4n) is 3.71. The minimum atomic E-state index is -0.466. The molecule has 3 heteroatoms. The molecule has 0 amide bonds. The van der Waals surface area contributed by atoms with Gasteiger partial charge in [0.25, 0.3) is 0 Å². The highest BCUT2D eigenvalue weighted by molar-refractivity contribution is 5.31. The largest absolute Gasteiger partial charge is 0.389 e. The van der Waals surface area contributed by atoms with Gasteiger partial charge in [-0.25, -0.2) is 0 Å². The van der Waals surface area contributed by atoms with Gasteiger partial charge in [-0.3, -0.25) is 4.90 Å². The normalized spacial score (nSPS) is 20.7. The number of aliphatic hydroxyl groups is 1. The van der Waals surface area contributed by atoms with Gasteiger partial charge < -0.3 is 9.84 Å². The molecule has 26 heavy (non-hydrogen) atoms. The first-order valence-electron chi connectivity index (χ1n) is 9.78. The summed E-state index contributed by atoms with van der Waals surface area (Å²) >= 11 is 0. The molecule has 1 N–H and O–H groups in total. The Morgan fingerprint density at radius 1 is 1.04 bits per heavy atom. The Balaban J connectivity index is 1.65. The van der Waals surface area contributed by atoms with E-state index >= 15 is 0 Å². The Bertz CT molecular complexity index is 656. The van der Waals surface area contributed by atoms with Crippen LogP contribution in [-0.2, 0) is 4.74 Å². The lowest BCUT2D eigenvalue weighted by Gasteiger charge is -2.34. The molecule has 1 heterocycles. The van der Waals surface area contributed by atoms with Crippen molar-refractivity contribution in [2.45, 2.75) is 51.4 Å². The molecule has 3 nitrogen and oxygen atoms in total. The highest BCUT2D eigenvalue weighted by Crippen LogP contribution is 2.26. The number of piperidine rings is 1. The molecular weight excluding hydrogens is 322 g/mol. The second kappa shape index (κ2) is 9.31. The van der Waals surface area contributed by atoms with Crippen LogP contribution in [0.3, 0.4) is 0 Å². The smallest absolute Gasteiger partial charge is 0.108 e. The van der Waals surface area contributed by atoms with Crippen molar-refractivity contribution in [2.24, 2.45) is 0 Å². The summed E-state index contributed by atoms with van der Waals surface area (Å²) in [6, 6.07) is 19.3. The number of ether oxygens (including phenoxy) is 1. The van der Waals surface area contributed by atoms with Gasteiger partial charge in [0.15, 0.2) is 0 Å². The Labute approximate surface area is 157 Å². The zero-order chi connectivity index (χ0) is 18.4. The quantitative estimate of drug-likeness (QED) is 0.804. The molecule has 1 aliphatic rings. The number of rotatable bonds is 7. The lowest BCUT2D eigenvalue weighted by atomic mass is 10.0. The third-order valence-electron chi connectivity index (χ3n) is 5.32. The van der Waals surface area contributed by atoms with Crippen molar-refractivity contribution in [3.05, 3.63) is 71.3 Å². The highest BCUT2D eigenvalue weighted by Gasteiger charge is 2.22. The van der Waals surface area contributed by atoms with Gasteiger partial charge in [0.05, 0.1) is 12.7 Å². The summed E-state index contributed by atoms with van der Waals surface area (Å²) in [4.78, 5) is 2.39. The molecule has 3 atom stereocenters. The molecule has 0 unspecified atom stereocenters. The van der Waals surface area contributed by atoms with Crippen molar-refractivity contribution in [1.82, 2.24) is 4.90 Å². The lowest BCUT2D eigenvalue weighted by molar-refractivity contribution is -0.0169. The van der Waals surface area contributed by atoms with E-state index in [1.807, 2.05) is 18.2 Å². The van der Waals surface area contributed by atoms with E-state index in [0.29, 0.717) is 19.2 Å². The van der Waals surface area contributed by atoms with Crippen LogP contribution in [0.15, 0.2) is 54.6 Å². The standard InChI is InChI=1S/C23H31NO2/c1-18-11-13-21(14-12-18)23(20-9-4-3-5-10-20)26-17-22(25)16-24-15-7-6-8-19(24)2/h3-5,9-14,19,22-23,25H,6-8,15-17H2,1-2H3/t19-,22+,23+/m0/s1. The van der Waals surface area contributed by atoms with Crippen molar-refractivity contribution in [2.75, 3.05) is 19.7 Å². The van der Waals surface area contributed by atoms with Crippen LogP contribution in [0.4, 0.5) is 0 Å². The van der Waals surface area contributed by atoms with Crippen LogP contribution in [0.25, 0.3) is 0 Å². The van der Waals surface area contributed by atoms with Crippen LogP contribution in [0.2, 0.25) is 0 Å². The summed E-state index contributed by atoms with van der Waals surface area (Å²) < 4.78 is 6.22. The molecular formula is C23H31NO2. The van der Waals surface area contributed by atoms with Gasteiger partial charge in [-0.05, 0) is 44.4 Å². The van der Waals surface area contributed by atoms with Crippen molar-refractivity contribution in [1.29, 1.82) is 0 Å². The zero-order valence-corrected chi connectivity index (χ0v) is 16.0. The summed E-state index contributed by atoms with van der Waals surface area (Å²) in [5.41, 5.74) is 3.48. The van der Waals surface area contributed by atoms with Crippen molar-refractivity contribution in [3.8, 4) is 0 Å². The molecule has 0 saturated carbocycles. The first-order chi connectivity index (χ1) is 12.6. The molecule has 2 aromatic carbocycles. The summed E-state index contributed by atoms with van der Waals surface area (Å²) in [5.74, 6) is 0. The predicted octanol–water partition coefficient (Wildman–Crippen LogP) is 4.34. The van der Waals surface area contributed by atoms with Crippen LogP contribution in [0, 0.1) is 6.92 Å². The molecule has 0 bridgehead atoms. The molecule has 1 aliphatic heterocycles.